The van der Waals surface area contributed by atoms with Crippen LogP contribution in [0, 0.1) is 0 Å². The number of carboxylic acid groups (broad SMARTS) is 1. The molecule has 2 aliphatic rings. The van der Waals surface area contributed by atoms with Gasteiger partial charge in [-0.3, -0.25) is 4.79 Å². The molecular weight excluding hydrogens is 170 g/mol. The highest BCUT2D eigenvalue weighted by atomic mass is 16.4. The van der Waals surface area contributed by atoms with Gasteiger partial charge in [0, 0.05) is 12.6 Å². The second-order valence-electron chi connectivity index (χ2n) is 3.48. The van der Waals surface area contributed by atoms with E-state index in [4.69, 9.17) is 5.11 Å². The topological polar surface area (TPSA) is 57.6 Å². The molecule has 4 heteroatoms. The monoisotopic (exact) mass is 181 g/mol. The van der Waals surface area contributed by atoms with E-state index in [1.807, 2.05) is 0 Å². The summed E-state index contributed by atoms with van der Waals surface area (Å²) in [6.07, 6.45) is 3.41. The van der Waals surface area contributed by atoms with Gasteiger partial charge >= 0.3 is 5.97 Å². The Labute approximate surface area is 75.8 Å². The van der Waals surface area contributed by atoms with Crippen molar-refractivity contribution in [3.05, 3.63) is 11.6 Å². The van der Waals surface area contributed by atoms with Crippen LogP contribution in [0.15, 0.2) is 11.6 Å². The third-order valence-corrected chi connectivity index (χ3v) is 2.67. The molecule has 1 unspecified atom stereocenters. The fraction of sp³-hybridized carbons (Fsp3) is 0.556. The Balaban J connectivity index is 2.24. The fourth-order valence-electron chi connectivity index (χ4n) is 2.15. The van der Waals surface area contributed by atoms with Gasteiger partial charge in [-0.1, -0.05) is 0 Å². The van der Waals surface area contributed by atoms with Crippen LogP contribution in [0.4, 0.5) is 0 Å². The lowest BCUT2D eigenvalue weighted by molar-refractivity contribution is -0.131. The predicted octanol–water partition coefficient (Wildman–Crippen LogP) is 0.392. The minimum atomic E-state index is -0.948. The zero-order chi connectivity index (χ0) is 9.42. The third kappa shape index (κ3) is 1.32. The van der Waals surface area contributed by atoms with Crippen molar-refractivity contribution in [2.45, 2.75) is 25.3 Å². The standard InChI is InChI=1S/C9H11NO3/c11-8-4-6(5-9(12)13)7-2-1-3-10(7)8/h5,7H,1-4H2,(H,12,13)/b6-5-. The SMILES string of the molecule is O=C(O)/C=C1/CC(=O)N2CCCC12. The van der Waals surface area contributed by atoms with Gasteiger partial charge in [-0.05, 0) is 18.4 Å². The van der Waals surface area contributed by atoms with Crippen LogP contribution in [0.2, 0.25) is 0 Å². The molecule has 2 aliphatic heterocycles. The molecule has 2 fully saturated rings. The van der Waals surface area contributed by atoms with Crippen LogP contribution in [-0.4, -0.2) is 34.5 Å². The van der Waals surface area contributed by atoms with Crippen molar-refractivity contribution in [1.29, 1.82) is 0 Å². The second kappa shape index (κ2) is 2.87. The van der Waals surface area contributed by atoms with Crippen LogP contribution in [-0.2, 0) is 9.59 Å². The maximum atomic E-state index is 11.3. The summed E-state index contributed by atoms with van der Waals surface area (Å²) < 4.78 is 0. The number of carbonyl (C=O) groups is 2. The zero-order valence-electron chi connectivity index (χ0n) is 7.19. The molecule has 1 atom stereocenters. The number of rotatable bonds is 1. The van der Waals surface area contributed by atoms with Crippen molar-refractivity contribution >= 4 is 11.9 Å². The van der Waals surface area contributed by atoms with Crippen molar-refractivity contribution in [3.63, 3.8) is 0 Å². The fourth-order valence-corrected chi connectivity index (χ4v) is 2.15. The molecule has 0 spiro atoms. The normalized spacial score (nSPS) is 29.8. The smallest absolute Gasteiger partial charge is 0.328 e. The first-order valence-electron chi connectivity index (χ1n) is 4.41. The summed E-state index contributed by atoms with van der Waals surface area (Å²) in [5, 5.41) is 8.57. The lowest BCUT2D eigenvalue weighted by Gasteiger charge is -2.14. The highest BCUT2D eigenvalue weighted by molar-refractivity contribution is 5.88. The minimum absolute atomic E-state index is 0.0787. The molecule has 1 N–H and O–H groups in total. The molecule has 13 heavy (non-hydrogen) atoms. The molecule has 0 aromatic rings. The van der Waals surface area contributed by atoms with Gasteiger partial charge in [-0.15, -0.1) is 0 Å². The van der Waals surface area contributed by atoms with Crippen LogP contribution in [0.1, 0.15) is 19.3 Å². The molecule has 1 amide bonds. The highest BCUT2D eigenvalue weighted by Gasteiger charge is 2.38. The molecule has 0 radical (unpaired) electrons. The van der Waals surface area contributed by atoms with E-state index in [-0.39, 0.29) is 11.9 Å². The van der Waals surface area contributed by atoms with Crippen molar-refractivity contribution < 1.29 is 14.7 Å². The highest BCUT2D eigenvalue weighted by Crippen LogP contribution is 2.32. The number of aliphatic carboxylic acids is 1. The molecule has 0 aromatic carbocycles. The van der Waals surface area contributed by atoms with Gasteiger partial charge in [0.25, 0.3) is 0 Å². The van der Waals surface area contributed by atoms with Gasteiger partial charge in [-0.2, -0.15) is 0 Å². The Bertz CT molecular complexity index is 295. The van der Waals surface area contributed by atoms with Crippen LogP contribution in [0.5, 0.6) is 0 Å². The summed E-state index contributed by atoms with van der Waals surface area (Å²) in [4.78, 5) is 23.6. The quantitative estimate of drug-likeness (QED) is 0.595. The molecule has 70 valence electrons. The van der Waals surface area contributed by atoms with Crippen molar-refractivity contribution in [2.75, 3.05) is 6.54 Å². The molecule has 0 saturated carbocycles. The minimum Gasteiger partial charge on any atom is -0.478 e. The van der Waals surface area contributed by atoms with Gasteiger partial charge in [0.2, 0.25) is 5.91 Å². The van der Waals surface area contributed by atoms with Crippen LogP contribution < -0.4 is 0 Å². The lowest BCUT2D eigenvalue weighted by Crippen LogP contribution is -2.27. The first-order chi connectivity index (χ1) is 6.18. The van der Waals surface area contributed by atoms with Gasteiger partial charge < -0.3 is 10.0 Å². The van der Waals surface area contributed by atoms with E-state index in [9.17, 15) is 9.59 Å². The summed E-state index contributed by atoms with van der Waals surface area (Å²) in [6, 6.07) is 0.0867. The van der Waals surface area contributed by atoms with Gasteiger partial charge in [-0.25, -0.2) is 4.79 Å². The number of amides is 1. The average Bonchev–Trinajstić information content (AvgIpc) is 2.56. The van der Waals surface area contributed by atoms with Gasteiger partial charge in [0.15, 0.2) is 0 Å². The number of hydrogen-bond donors (Lipinski definition) is 1. The second-order valence-corrected chi connectivity index (χ2v) is 3.48. The van der Waals surface area contributed by atoms with Crippen molar-refractivity contribution in [1.82, 2.24) is 4.90 Å². The lowest BCUT2D eigenvalue weighted by atomic mass is 10.1. The van der Waals surface area contributed by atoms with Crippen molar-refractivity contribution in [3.8, 4) is 0 Å². The molecular formula is C9H11NO3. The summed E-state index contributed by atoms with van der Waals surface area (Å²) >= 11 is 0. The van der Waals surface area contributed by atoms with Crippen molar-refractivity contribution in [2.24, 2.45) is 0 Å². The number of nitrogens with zero attached hydrogens (tertiary/aromatic N) is 1. The van der Waals surface area contributed by atoms with Crippen LogP contribution in [0.3, 0.4) is 0 Å². The Morgan fingerprint density at radius 2 is 2.38 bits per heavy atom. The third-order valence-electron chi connectivity index (χ3n) is 2.67. The first-order valence-corrected chi connectivity index (χ1v) is 4.41. The Morgan fingerprint density at radius 3 is 3.08 bits per heavy atom. The molecule has 4 nitrogen and oxygen atoms in total. The van der Waals surface area contributed by atoms with Gasteiger partial charge in [0.05, 0.1) is 12.5 Å². The summed E-state index contributed by atoms with van der Waals surface area (Å²) in [5.74, 6) is -0.869. The Morgan fingerprint density at radius 1 is 1.62 bits per heavy atom. The molecule has 0 aromatic heterocycles. The van der Waals surface area contributed by atoms with E-state index in [0.717, 1.165) is 25.0 Å². The Kier molecular flexibility index (Phi) is 1.83. The van der Waals surface area contributed by atoms with E-state index in [1.165, 1.54) is 6.08 Å². The van der Waals surface area contributed by atoms with Gasteiger partial charge in [0.1, 0.15) is 0 Å². The molecule has 2 saturated heterocycles. The number of carboxylic acids is 1. The van der Waals surface area contributed by atoms with E-state index in [1.54, 1.807) is 4.90 Å². The zero-order valence-corrected chi connectivity index (χ0v) is 7.19. The molecule has 2 rings (SSSR count). The summed E-state index contributed by atoms with van der Waals surface area (Å²) in [7, 11) is 0. The summed E-state index contributed by atoms with van der Waals surface area (Å²) in [6.45, 7) is 0.792. The van der Waals surface area contributed by atoms with E-state index in [2.05, 4.69) is 0 Å². The summed E-state index contributed by atoms with van der Waals surface area (Å²) in [5.41, 5.74) is 0.773. The first kappa shape index (κ1) is 8.29. The van der Waals surface area contributed by atoms with E-state index < -0.39 is 5.97 Å². The van der Waals surface area contributed by atoms with E-state index >= 15 is 0 Å². The number of fused-ring (bicyclic) bond motifs is 1. The maximum Gasteiger partial charge on any atom is 0.328 e. The maximum absolute atomic E-state index is 11.3. The largest absolute Gasteiger partial charge is 0.478 e. The van der Waals surface area contributed by atoms with Crippen LogP contribution in [0.25, 0.3) is 0 Å². The molecule has 2 heterocycles. The van der Waals surface area contributed by atoms with Crippen LogP contribution >= 0.6 is 0 Å². The predicted molar refractivity (Wildman–Crippen MR) is 45.1 cm³/mol. The average molecular weight is 181 g/mol. The molecule has 0 aliphatic carbocycles. The number of hydrogen-bond acceptors (Lipinski definition) is 2. The number of carbonyl (C=O) groups excluding carboxylic acids is 1. The Hall–Kier alpha value is -1.32. The van der Waals surface area contributed by atoms with E-state index in [0.29, 0.717) is 6.42 Å². The molecule has 0 bridgehead atoms.